The Hall–Kier alpha value is -2.49. The third-order valence-corrected chi connectivity index (χ3v) is 5.19. The van der Waals surface area contributed by atoms with Crippen molar-refractivity contribution in [2.24, 2.45) is 4.99 Å². The van der Waals surface area contributed by atoms with Crippen LogP contribution in [0.25, 0.3) is 0 Å². The molecule has 1 aliphatic rings. The molecule has 8 heteroatoms. The summed E-state index contributed by atoms with van der Waals surface area (Å²) in [6.45, 7) is 6.15. The number of hydrogen-bond acceptors (Lipinski definition) is 4. The van der Waals surface area contributed by atoms with Gasteiger partial charge in [0.25, 0.3) is 0 Å². The Labute approximate surface area is 201 Å². The smallest absolute Gasteiger partial charge is 0.221 e. The van der Waals surface area contributed by atoms with Crippen molar-refractivity contribution >= 4 is 47.2 Å². The second kappa shape index (κ2) is 11.8. The highest BCUT2D eigenvalue weighted by Crippen LogP contribution is 2.25. The van der Waals surface area contributed by atoms with Crippen molar-refractivity contribution in [1.29, 1.82) is 0 Å². The van der Waals surface area contributed by atoms with Crippen LogP contribution in [-0.4, -0.2) is 45.2 Å². The summed E-state index contributed by atoms with van der Waals surface area (Å²) in [4.78, 5) is 18.2. The summed E-state index contributed by atoms with van der Waals surface area (Å²) in [7, 11) is 3.37. The first-order chi connectivity index (χ1) is 14.5. The number of nitrogens with zero attached hydrogens (tertiary/aromatic N) is 2. The molecular formula is C23H32IN5O2. The molecule has 0 radical (unpaired) electrons. The van der Waals surface area contributed by atoms with Crippen molar-refractivity contribution in [2.75, 3.05) is 37.5 Å². The zero-order valence-electron chi connectivity index (χ0n) is 18.6. The van der Waals surface area contributed by atoms with Crippen molar-refractivity contribution in [2.45, 2.75) is 32.9 Å². The molecule has 7 nitrogen and oxygen atoms in total. The van der Waals surface area contributed by atoms with E-state index in [0.717, 1.165) is 31.0 Å². The van der Waals surface area contributed by atoms with Crippen LogP contribution in [0.1, 0.15) is 24.5 Å². The van der Waals surface area contributed by atoms with Crippen molar-refractivity contribution in [3.63, 3.8) is 0 Å². The average Bonchev–Trinajstić information content (AvgIpc) is 3.20. The predicted octanol–water partition coefficient (Wildman–Crippen LogP) is 3.52. The highest BCUT2D eigenvalue weighted by molar-refractivity contribution is 14.0. The molecule has 1 heterocycles. The molecule has 1 amide bonds. The number of amides is 1. The van der Waals surface area contributed by atoms with Gasteiger partial charge < -0.3 is 25.6 Å². The van der Waals surface area contributed by atoms with Gasteiger partial charge in [-0.05, 0) is 43.2 Å². The van der Waals surface area contributed by atoms with Gasteiger partial charge in [0.15, 0.2) is 5.96 Å². The second-order valence-corrected chi connectivity index (χ2v) is 7.55. The lowest BCUT2D eigenvalue weighted by molar-refractivity contribution is -0.114. The Kier molecular flexibility index (Phi) is 9.42. The monoisotopic (exact) mass is 537 g/mol. The van der Waals surface area contributed by atoms with Gasteiger partial charge in [0.05, 0.1) is 12.8 Å². The van der Waals surface area contributed by atoms with Crippen molar-refractivity contribution in [3.05, 3.63) is 53.6 Å². The van der Waals surface area contributed by atoms with Gasteiger partial charge in [-0.2, -0.15) is 0 Å². The third kappa shape index (κ3) is 7.02. The van der Waals surface area contributed by atoms with Crippen LogP contribution in [-0.2, 0) is 11.3 Å². The molecule has 3 N–H and O–H groups in total. The van der Waals surface area contributed by atoms with Crippen molar-refractivity contribution in [3.8, 4) is 5.75 Å². The molecule has 1 aliphatic heterocycles. The van der Waals surface area contributed by atoms with E-state index in [1.807, 2.05) is 18.2 Å². The van der Waals surface area contributed by atoms with Gasteiger partial charge in [-0.3, -0.25) is 9.79 Å². The SMILES string of the molecule is CN=C(NCc1ccc(OC)c(NC(C)=O)c1)NC1CCN(c2ccc(C)cc2)C1.I. The number of aliphatic imine (C=N–C) groups is 1. The first kappa shape index (κ1) is 24.8. The van der Waals surface area contributed by atoms with Crippen LogP contribution in [0.3, 0.4) is 0 Å². The Morgan fingerprint density at radius 3 is 2.61 bits per heavy atom. The number of hydrogen-bond donors (Lipinski definition) is 3. The fourth-order valence-corrected chi connectivity index (χ4v) is 3.59. The number of carbonyl (C=O) groups is 1. The Morgan fingerprint density at radius 1 is 1.23 bits per heavy atom. The van der Waals surface area contributed by atoms with Crippen LogP contribution < -0.4 is 25.6 Å². The molecule has 168 valence electrons. The number of guanidine groups is 1. The minimum Gasteiger partial charge on any atom is -0.495 e. The van der Waals surface area contributed by atoms with Crippen molar-refractivity contribution in [1.82, 2.24) is 10.6 Å². The maximum atomic E-state index is 11.4. The molecule has 0 aliphatic carbocycles. The molecule has 0 aromatic heterocycles. The van der Waals surface area contributed by atoms with Crippen LogP contribution in [0.2, 0.25) is 0 Å². The van der Waals surface area contributed by atoms with E-state index in [4.69, 9.17) is 4.74 Å². The second-order valence-electron chi connectivity index (χ2n) is 7.55. The summed E-state index contributed by atoms with van der Waals surface area (Å²) in [6, 6.07) is 14.7. The number of anilines is 2. The average molecular weight is 537 g/mol. The molecule has 1 fully saturated rings. The number of carbonyl (C=O) groups excluding carboxylic acids is 1. The molecule has 0 saturated carbocycles. The van der Waals surface area contributed by atoms with Gasteiger partial charge >= 0.3 is 0 Å². The highest BCUT2D eigenvalue weighted by Gasteiger charge is 2.23. The normalized spacial score (nSPS) is 15.8. The molecule has 0 bridgehead atoms. The molecule has 1 saturated heterocycles. The summed E-state index contributed by atoms with van der Waals surface area (Å²) in [6.07, 6.45) is 1.06. The van der Waals surface area contributed by atoms with E-state index in [1.54, 1.807) is 14.2 Å². The number of rotatable bonds is 6. The molecule has 2 aromatic carbocycles. The fourth-order valence-electron chi connectivity index (χ4n) is 3.59. The molecule has 0 spiro atoms. The minimum absolute atomic E-state index is 0. The lowest BCUT2D eigenvalue weighted by Crippen LogP contribution is -2.44. The number of methoxy groups -OCH3 is 1. The third-order valence-electron chi connectivity index (χ3n) is 5.19. The lowest BCUT2D eigenvalue weighted by atomic mass is 10.2. The van der Waals surface area contributed by atoms with Crippen LogP contribution in [0.15, 0.2) is 47.5 Å². The summed E-state index contributed by atoms with van der Waals surface area (Å²) in [5, 5.41) is 9.68. The van der Waals surface area contributed by atoms with Gasteiger partial charge in [0.2, 0.25) is 5.91 Å². The number of benzene rings is 2. The predicted molar refractivity (Wildman–Crippen MR) is 138 cm³/mol. The van der Waals surface area contributed by atoms with Gasteiger partial charge in [0, 0.05) is 45.3 Å². The van der Waals surface area contributed by atoms with E-state index in [9.17, 15) is 4.79 Å². The topological polar surface area (TPSA) is 78.0 Å². The summed E-state index contributed by atoms with van der Waals surface area (Å²) in [5.74, 6) is 1.27. The summed E-state index contributed by atoms with van der Waals surface area (Å²) in [5.41, 5.74) is 4.22. The summed E-state index contributed by atoms with van der Waals surface area (Å²) < 4.78 is 5.31. The van der Waals surface area contributed by atoms with Gasteiger partial charge in [-0.25, -0.2) is 0 Å². The maximum Gasteiger partial charge on any atom is 0.221 e. The van der Waals surface area contributed by atoms with E-state index in [-0.39, 0.29) is 29.9 Å². The molecule has 1 unspecified atom stereocenters. The molecular weight excluding hydrogens is 505 g/mol. The number of halogens is 1. The van der Waals surface area contributed by atoms with Gasteiger partial charge in [-0.1, -0.05) is 23.8 Å². The number of nitrogens with one attached hydrogen (secondary N) is 3. The Bertz CT molecular complexity index is 901. The van der Waals surface area contributed by atoms with Gasteiger partial charge in [-0.15, -0.1) is 24.0 Å². The van der Waals surface area contributed by atoms with Crippen LogP contribution >= 0.6 is 24.0 Å². The Balaban J connectivity index is 0.00000341. The highest BCUT2D eigenvalue weighted by atomic mass is 127. The minimum atomic E-state index is -0.129. The molecule has 31 heavy (non-hydrogen) atoms. The number of ether oxygens (including phenoxy) is 1. The quantitative estimate of drug-likeness (QED) is 0.299. The first-order valence-electron chi connectivity index (χ1n) is 10.2. The molecule has 2 aromatic rings. The number of aryl methyl sites for hydroxylation is 1. The Morgan fingerprint density at radius 2 is 1.97 bits per heavy atom. The fraction of sp³-hybridized carbons (Fsp3) is 0.391. The van der Waals surface area contributed by atoms with E-state index in [0.29, 0.717) is 24.0 Å². The van der Waals surface area contributed by atoms with E-state index >= 15 is 0 Å². The van der Waals surface area contributed by atoms with E-state index < -0.39 is 0 Å². The van der Waals surface area contributed by atoms with Crippen molar-refractivity contribution < 1.29 is 9.53 Å². The van der Waals surface area contributed by atoms with E-state index in [1.165, 1.54) is 18.2 Å². The lowest BCUT2D eigenvalue weighted by Gasteiger charge is -2.20. The largest absolute Gasteiger partial charge is 0.495 e. The van der Waals surface area contributed by atoms with E-state index in [2.05, 4.69) is 57.0 Å². The van der Waals surface area contributed by atoms with Gasteiger partial charge in [0.1, 0.15) is 5.75 Å². The van der Waals surface area contributed by atoms with Crippen LogP contribution in [0.5, 0.6) is 5.75 Å². The summed E-state index contributed by atoms with van der Waals surface area (Å²) >= 11 is 0. The van der Waals surface area contributed by atoms with Crippen LogP contribution in [0.4, 0.5) is 11.4 Å². The maximum absolute atomic E-state index is 11.4. The zero-order chi connectivity index (χ0) is 21.5. The standard InChI is InChI=1S/C23H31N5O2.HI/c1-16-5-8-20(9-6-16)28-12-11-19(15-28)27-23(24-3)25-14-18-7-10-22(30-4)21(13-18)26-17(2)29;/h5-10,13,19H,11-12,14-15H2,1-4H3,(H,26,29)(H2,24,25,27);1H. The molecule has 1 atom stereocenters. The van der Waals surface area contributed by atoms with Crippen LogP contribution in [0, 0.1) is 6.92 Å². The molecule has 3 rings (SSSR count). The first-order valence-corrected chi connectivity index (χ1v) is 10.2. The zero-order valence-corrected chi connectivity index (χ0v) is 20.9.